The highest BCUT2D eigenvalue weighted by molar-refractivity contribution is 14.1. The molecule has 1 N–H and O–H groups in total. The van der Waals surface area contributed by atoms with E-state index < -0.39 is 23.5 Å². The van der Waals surface area contributed by atoms with Crippen molar-refractivity contribution in [1.82, 2.24) is 4.98 Å². The average molecular weight is 458 g/mol. The maximum absolute atomic E-state index is 13.2. The first-order valence-electron chi connectivity index (χ1n) is 7.05. The Bertz CT molecular complexity index is 891. The second-order valence-electron chi connectivity index (χ2n) is 5.02. The van der Waals surface area contributed by atoms with Gasteiger partial charge >= 0.3 is 6.18 Å². The quantitative estimate of drug-likeness (QED) is 0.548. The molecule has 1 amide bonds. The third-order valence-corrected chi connectivity index (χ3v) is 3.94. The number of aromatic nitrogens is 1. The van der Waals surface area contributed by atoms with Crippen LogP contribution in [0.3, 0.4) is 0 Å². The van der Waals surface area contributed by atoms with Crippen LogP contribution in [0.4, 0.5) is 18.9 Å². The number of carbonyl (C=O) groups is 1. The number of halogens is 4. The number of rotatable bonds is 3. The minimum absolute atomic E-state index is 0.263. The number of anilines is 1. The predicted octanol–water partition coefficient (Wildman–Crippen LogP) is 5.22. The minimum Gasteiger partial charge on any atom is -0.431 e. The highest BCUT2D eigenvalue weighted by Gasteiger charge is 2.42. The van der Waals surface area contributed by atoms with E-state index in [0.29, 0.717) is 11.3 Å². The summed E-state index contributed by atoms with van der Waals surface area (Å²) >= 11 is 2.08. The Hall–Kier alpha value is -2.36. The molecule has 0 bridgehead atoms. The summed E-state index contributed by atoms with van der Waals surface area (Å²) in [6.07, 6.45) is -4.83. The maximum atomic E-state index is 13.2. The molecule has 0 radical (unpaired) electrons. The van der Waals surface area contributed by atoms with Crippen LogP contribution in [-0.2, 0) is 6.18 Å². The highest BCUT2D eigenvalue weighted by atomic mass is 127. The Morgan fingerprint density at radius 3 is 2.28 bits per heavy atom. The Morgan fingerprint density at radius 2 is 1.68 bits per heavy atom. The fourth-order valence-corrected chi connectivity index (χ4v) is 2.45. The lowest BCUT2D eigenvalue weighted by Gasteiger charge is -2.06. The fourth-order valence-electron chi connectivity index (χ4n) is 2.09. The van der Waals surface area contributed by atoms with Gasteiger partial charge < -0.3 is 9.73 Å². The molecule has 0 aliphatic carbocycles. The number of hydrogen-bond acceptors (Lipinski definition) is 3. The number of nitrogens with one attached hydrogen (secondary N) is 1. The zero-order valence-electron chi connectivity index (χ0n) is 12.5. The zero-order chi connectivity index (χ0) is 18.0. The van der Waals surface area contributed by atoms with Crippen LogP contribution in [0.25, 0.3) is 11.5 Å². The first-order chi connectivity index (χ1) is 11.8. The summed E-state index contributed by atoms with van der Waals surface area (Å²) in [7, 11) is 0. The minimum atomic E-state index is -4.83. The van der Waals surface area contributed by atoms with Gasteiger partial charge in [-0.1, -0.05) is 18.2 Å². The van der Waals surface area contributed by atoms with Crippen LogP contribution in [0.2, 0.25) is 0 Å². The van der Waals surface area contributed by atoms with E-state index in [1.807, 2.05) is 0 Å². The van der Waals surface area contributed by atoms with E-state index in [0.717, 1.165) is 3.57 Å². The van der Waals surface area contributed by atoms with E-state index in [9.17, 15) is 18.0 Å². The summed E-state index contributed by atoms with van der Waals surface area (Å²) in [5, 5.41) is 2.40. The average Bonchev–Trinajstić information content (AvgIpc) is 3.04. The Kier molecular flexibility index (Phi) is 4.80. The van der Waals surface area contributed by atoms with E-state index in [4.69, 9.17) is 4.42 Å². The van der Waals surface area contributed by atoms with E-state index in [1.165, 1.54) is 0 Å². The van der Waals surface area contributed by atoms with Gasteiger partial charge in [0.05, 0.1) is 0 Å². The van der Waals surface area contributed by atoms with Crippen molar-refractivity contribution in [3.05, 3.63) is 69.6 Å². The van der Waals surface area contributed by atoms with Gasteiger partial charge in [0.25, 0.3) is 5.91 Å². The van der Waals surface area contributed by atoms with Gasteiger partial charge in [-0.3, -0.25) is 4.79 Å². The highest BCUT2D eigenvalue weighted by Crippen LogP contribution is 2.35. The van der Waals surface area contributed by atoms with Crippen LogP contribution in [0.15, 0.2) is 59.0 Å². The number of nitrogens with zero attached hydrogens (tertiary/aromatic N) is 1. The van der Waals surface area contributed by atoms with Crippen LogP contribution in [0, 0.1) is 3.57 Å². The number of oxazole rings is 1. The summed E-state index contributed by atoms with van der Waals surface area (Å²) in [6, 6.07) is 14.7. The second-order valence-corrected chi connectivity index (χ2v) is 6.27. The molecule has 1 aromatic heterocycles. The molecule has 3 rings (SSSR count). The van der Waals surface area contributed by atoms with Crippen LogP contribution >= 0.6 is 22.6 Å². The van der Waals surface area contributed by atoms with Gasteiger partial charge in [0.15, 0.2) is 5.69 Å². The van der Waals surface area contributed by atoms with Gasteiger partial charge in [0.1, 0.15) is 0 Å². The molecule has 4 nitrogen and oxygen atoms in total. The molecule has 128 valence electrons. The molecular weight excluding hydrogens is 448 g/mol. The zero-order valence-corrected chi connectivity index (χ0v) is 14.6. The smallest absolute Gasteiger partial charge is 0.431 e. The molecule has 1 heterocycles. The van der Waals surface area contributed by atoms with E-state index in [2.05, 4.69) is 32.9 Å². The molecule has 0 saturated carbocycles. The van der Waals surface area contributed by atoms with Crippen molar-refractivity contribution in [2.45, 2.75) is 6.18 Å². The third-order valence-electron chi connectivity index (χ3n) is 3.22. The second kappa shape index (κ2) is 6.87. The molecule has 0 aliphatic heterocycles. The summed E-state index contributed by atoms with van der Waals surface area (Å²) in [6.45, 7) is 0. The number of carbonyl (C=O) groups excluding carboxylic acids is 1. The van der Waals surface area contributed by atoms with Crippen molar-refractivity contribution in [2.24, 2.45) is 0 Å². The largest absolute Gasteiger partial charge is 0.452 e. The van der Waals surface area contributed by atoms with Crippen LogP contribution in [0.5, 0.6) is 0 Å². The van der Waals surface area contributed by atoms with Gasteiger partial charge in [-0.05, 0) is 59.0 Å². The van der Waals surface area contributed by atoms with Gasteiger partial charge in [0.2, 0.25) is 11.7 Å². The fraction of sp³-hybridized carbons (Fsp3) is 0.0588. The lowest BCUT2D eigenvalue weighted by molar-refractivity contribution is -0.153. The number of alkyl halides is 3. The molecule has 25 heavy (non-hydrogen) atoms. The van der Waals surface area contributed by atoms with Gasteiger partial charge in [-0.15, -0.1) is 0 Å². The summed E-state index contributed by atoms with van der Waals surface area (Å²) in [4.78, 5) is 16.0. The van der Waals surface area contributed by atoms with Crippen molar-refractivity contribution < 1.29 is 22.4 Å². The maximum Gasteiger partial charge on any atom is 0.452 e. The van der Waals surface area contributed by atoms with Crippen LogP contribution in [-0.4, -0.2) is 10.9 Å². The Morgan fingerprint density at radius 1 is 1.04 bits per heavy atom. The summed E-state index contributed by atoms with van der Waals surface area (Å²) < 4.78 is 45.4. The SMILES string of the molecule is O=C(Nc1ccc(I)cc1)c1nc(-c2ccccc2)oc1C(F)(F)F. The molecule has 3 aromatic rings. The lowest BCUT2D eigenvalue weighted by Crippen LogP contribution is -2.18. The first kappa shape index (κ1) is 17.5. The van der Waals surface area contributed by atoms with Gasteiger partial charge in [-0.25, -0.2) is 4.98 Å². The third kappa shape index (κ3) is 4.01. The molecule has 2 aromatic carbocycles. The number of hydrogen-bond donors (Lipinski definition) is 1. The van der Waals surface area contributed by atoms with Gasteiger partial charge in [0, 0.05) is 14.8 Å². The molecule has 0 atom stereocenters. The van der Waals surface area contributed by atoms with Crippen molar-refractivity contribution in [3.8, 4) is 11.5 Å². The normalized spacial score (nSPS) is 11.4. The van der Waals surface area contributed by atoms with Crippen molar-refractivity contribution in [2.75, 3.05) is 5.32 Å². The standard InChI is InChI=1S/C17H10F3IN2O2/c18-17(19,20)14-13(15(24)22-12-8-6-11(21)7-9-12)23-16(25-14)10-4-2-1-3-5-10/h1-9H,(H,22,24). The Labute approximate surface area is 154 Å². The number of benzene rings is 2. The molecule has 0 unspecified atom stereocenters. The molecule has 0 saturated heterocycles. The van der Waals surface area contributed by atoms with Crippen molar-refractivity contribution in [1.29, 1.82) is 0 Å². The summed E-state index contributed by atoms with van der Waals surface area (Å²) in [5.74, 6) is -2.67. The van der Waals surface area contributed by atoms with E-state index >= 15 is 0 Å². The monoisotopic (exact) mass is 458 g/mol. The van der Waals surface area contributed by atoms with E-state index in [-0.39, 0.29) is 5.89 Å². The predicted molar refractivity (Wildman–Crippen MR) is 94.1 cm³/mol. The van der Waals surface area contributed by atoms with E-state index in [1.54, 1.807) is 54.6 Å². The Balaban J connectivity index is 1.97. The first-order valence-corrected chi connectivity index (χ1v) is 8.13. The van der Waals surface area contributed by atoms with Crippen molar-refractivity contribution >= 4 is 34.2 Å². The molecule has 8 heteroatoms. The summed E-state index contributed by atoms with van der Waals surface area (Å²) in [5.41, 5.74) is -0.0889. The lowest BCUT2D eigenvalue weighted by atomic mass is 10.2. The molecule has 0 aliphatic rings. The van der Waals surface area contributed by atoms with Crippen LogP contribution < -0.4 is 5.32 Å². The number of amides is 1. The molecule has 0 fully saturated rings. The molecular formula is C17H10F3IN2O2. The van der Waals surface area contributed by atoms with Gasteiger partial charge in [-0.2, -0.15) is 13.2 Å². The topological polar surface area (TPSA) is 55.1 Å². The van der Waals surface area contributed by atoms with Crippen molar-refractivity contribution in [3.63, 3.8) is 0 Å². The molecule has 0 spiro atoms. The van der Waals surface area contributed by atoms with Crippen LogP contribution in [0.1, 0.15) is 16.2 Å².